The summed E-state index contributed by atoms with van der Waals surface area (Å²) in [6.07, 6.45) is 5.76. The number of pyridine rings is 1. The first-order chi connectivity index (χ1) is 6.79. The van der Waals surface area contributed by atoms with Gasteiger partial charge in [-0.3, -0.25) is 4.98 Å². The van der Waals surface area contributed by atoms with Gasteiger partial charge >= 0.3 is 0 Å². The molecule has 2 aromatic rings. The third-order valence-electron chi connectivity index (χ3n) is 2.31. The maximum Gasteiger partial charge on any atom is 0.0483 e. The van der Waals surface area contributed by atoms with Crippen molar-refractivity contribution in [2.24, 2.45) is 0 Å². The van der Waals surface area contributed by atoms with E-state index in [-0.39, 0.29) is 0 Å². The number of hydrogen-bond acceptors (Lipinski definition) is 1. The van der Waals surface area contributed by atoms with Crippen LogP contribution >= 0.6 is 0 Å². The topological polar surface area (TPSA) is 17.8 Å². The second-order valence-corrected chi connectivity index (χ2v) is 3.63. The molecule has 0 bridgehead atoms. The molecule has 0 amide bonds. The highest BCUT2D eigenvalue weighted by Crippen LogP contribution is 2.22. The third kappa shape index (κ3) is 1.55. The first kappa shape index (κ1) is 9.00. The minimum absolute atomic E-state index is 0.494. The van der Waals surface area contributed by atoms with E-state index in [1.54, 1.807) is 0 Å². The number of rotatable bonds is 2. The van der Waals surface area contributed by atoms with Gasteiger partial charge in [0.25, 0.3) is 0 Å². The molecule has 0 saturated heterocycles. The van der Waals surface area contributed by atoms with Crippen molar-refractivity contribution < 1.29 is 0 Å². The van der Waals surface area contributed by atoms with Crippen LogP contribution in [0, 0.1) is 0 Å². The Morgan fingerprint density at radius 3 is 2.50 bits per heavy atom. The number of nitrogens with zero attached hydrogens (tertiary/aromatic N) is 2. The second-order valence-electron chi connectivity index (χ2n) is 3.63. The van der Waals surface area contributed by atoms with E-state index in [4.69, 9.17) is 0 Å². The number of hydrogen-bond donors (Lipinski definition) is 0. The van der Waals surface area contributed by atoms with E-state index in [9.17, 15) is 0 Å². The van der Waals surface area contributed by atoms with Crippen LogP contribution in [0.3, 0.4) is 0 Å². The molecule has 0 saturated carbocycles. The summed E-state index contributed by atoms with van der Waals surface area (Å²) in [6, 6.07) is 8.78. The molecular formula is C12H14N2. The maximum atomic E-state index is 4.02. The van der Waals surface area contributed by atoms with E-state index >= 15 is 0 Å². The smallest absolute Gasteiger partial charge is 0.0483 e. The van der Waals surface area contributed by atoms with Crippen molar-refractivity contribution in [1.82, 2.24) is 9.55 Å². The van der Waals surface area contributed by atoms with Crippen molar-refractivity contribution in [3.05, 3.63) is 42.9 Å². The Kier molecular flexibility index (Phi) is 2.35. The van der Waals surface area contributed by atoms with E-state index < -0.39 is 0 Å². The fourth-order valence-electron chi connectivity index (χ4n) is 1.61. The molecule has 0 N–H and O–H groups in total. The summed E-state index contributed by atoms with van der Waals surface area (Å²) >= 11 is 0. The Hall–Kier alpha value is -1.57. The standard InChI is InChI=1S/C12H14N2/c1-10(2)14-9-3-4-12(14)11-5-7-13-8-6-11/h3-10H,1-2H3. The lowest BCUT2D eigenvalue weighted by molar-refractivity contribution is 0.610. The zero-order valence-corrected chi connectivity index (χ0v) is 8.51. The Morgan fingerprint density at radius 1 is 1.14 bits per heavy atom. The molecular weight excluding hydrogens is 172 g/mol. The summed E-state index contributed by atoms with van der Waals surface area (Å²) < 4.78 is 2.26. The SMILES string of the molecule is CC(C)n1cccc1-c1ccncc1. The number of aromatic nitrogens is 2. The van der Waals surface area contributed by atoms with Crippen LogP contribution < -0.4 is 0 Å². The zero-order valence-electron chi connectivity index (χ0n) is 8.51. The molecule has 0 aliphatic rings. The van der Waals surface area contributed by atoms with Gasteiger partial charge in [0.15, 0.2) is 0 Å². The summed E-state index contributed by atoms with van der Waals surface area (Å²) in [6.45, 7) is 4.37. The molecule has 0 aliphatic heterocycles. The van der Waals surface area contributed by atoms with E-state index in [1.165, 1.54) is 11.3 Å². The highest BCUT2D eigenvalue weighted by Gasteiger charge is 2.05. The van der Waals surface area contributed by atoms with Crippen LogP contribution in [0.5, 0.6) is 0 Å². The molecule has 0 fully saturated rings. The van der Waals surface area contributed by atoms with Crippen LogP contribution in [-0.4, -0.2) is 9.55 Å². The molecule has 72 valence electrons. The van der Waals surface area contributed by atoms with Crippen LogP contribution in [0.4, 0.5) is 0 Å². The summed E-state index contributed by atoms with van der Waals surface area (Å²) in [4.78, 5) is 4.02. The fraction of sp³-hybridized carbons (Fsp3) is 0.250. The Morgan fingerprint density at radius 2 is 1.86 bits per heavy atom. The fourth-order valence-corrected chi connectivity index (χ4v) is 1.61. The second kappa shape index (κ2) is 3.66. The summed E-state index contributed by atoms with van der Waals surface area (Å²) in [5.41, 5.74) is 2.47. The van der Waals surface area contributed by atoms with Gasteiger partial charge in [0.05, 0.1) is 0 Å². The molecule has 0 atom stereocenters. The Bertz CT molecular complexity index is 401. The van der Waals surface area contributed by atoms with Crippen molar-refractivity contribution in [3.63, 3.8) is 0 Å². The maximum absolute atomic E-state index is 4.02. The minimum atomic E-state index is 0.494. The lowest BCUT2D eigenvalue weighted by Gasteiger charge is -2.12. The molecule has 2 heterocycles. The lowest BCUT2D eigenvalue weighted by atomic mass is 10.2. The molecule has 14 heavy (non-hydrogen) atoms. The van der Waals surface area contributed by atoms with Gasteiger partial charge in [-0.1, -0.05) is 0 Å². The van der Waals surface area contributed by atoms with Crippen LogP contribution in [0.1, 0.15) is 19.9 Å². The monoisotopic (exact) mass is 186 g/mol. The van der Waals surface area contributed by atoms with Crippen molar-refractivity contribution in [2.45, 2.75) is 19.9 Å². The summed E-state index contributed by atoms with van der Waals surface area (Å²) in [5.74, 6) is 0. The zero-order chi connectivity index (χ0) is 9.97. The largest absolute Gasteiger partial charge is 0.345 e. The highest BCUT2D eigenvalue weighted by molar-refractivity contribution is 5.59. The van der Waals surface area contributed by atoms with E-state index in [0.29, 0.717) is 6.04 Å². The van der Waals surface area contributed by atoms with E-state index in [2.05, 4.69) is 41.7 Å². The van der Waals surface area contributed by atoms with E-state index in [1.807, 2.05) is 24.5 Å². The van der Waals surface area contributed by atoms with Gasteiger partial charge in [0.2, 0.25) is 0 Å². The summed E-state index contributed by atoms with van der Waals surface area (Å²) in [5, 5.41) is 0. The third-order valence-corrected chi connectivity index (χ3v) is 2.31. The molecule has 0 aromatic carbocycles. The average molecular weight is 186 g/mol. The Balaban J connectivity index is 2.47. The molecule has 0 aliphatic carbocycles. The predicted octanol–water partition coefficient (Wildman–Crippen LogP) is 3.13. The molecule has 0 spiro atoms. The Labute approximate surface area is 84.2 Å². The molecule has 0 unspecified atom stereocenters. The van der Waals surface area contributed by atoms with Gasteiger partial charge in [-0.25, -0.2) is 0 Å². The van der Waals surface area contributed by atoms with Gasteiger partial charge in [-0.15, -0.1) is 0 Å². The van der Waals surface area contributed by atoms with Gasteiger partial charge in [0.1, 0.15) is 0 Å². The van der Waals surface area contributed by atoms with Crippen LogP contribution in [0.2, 0.25) is 0 Å². The van der Waals surface area contributed by atoms with Gasteiger partial charge < -0.3 is 4.57 Å². The quantitative estimate of drug-likeness (QED) is 0.704. The van der Waals surface area contributed by atoms with Crippen molar-refractivity contribution in [3.8, 4) is 11.3 Å². The average Bonchev–Trinajstić information content (AvgIpc) is 2.67. The molecule has 2 rings (SSSR count). The van der Waals surface area contributed by atoms with Gasteiger partial charge in [-0.2, -0.15) is 0 Å². The van der Waals surface area contributed by atoms with Crippen LogP contribution in [-0.2, 0) is 0 Å². The first-order valence-electron chi connectivity index (χ1n) is 4.86. The minimum Gasteiger partial charge on any atom is -0.345 e. The van der Waals surface area contributed by atoms with Crippen LogP contribution in [0.15, 0.2) is 42.9 Å². The van der Waals surface area contributed by atoms with Crippen molar-refractivity contribution in [1.29, 1.82) is 0 Å². The van der Waals surface area contributed by atoms with Crippen molar-refractivity contribution in [2.75, 3.05) is 0 Å². The van der Waals surface area contributed by atoms with Gasteiger partial charge in [0, 0.05) is 35.9 Å². The first-order valence-corrected chi connectivity index (χ1v) is 4.86. The summed E-state index contributed by atoms with van der Waals surface area (Å²) in [7, 11) is 0. The molecule has 2 aromatic heterocycles. The molecule has 2 heteroatoms. The molecule has 2 nitrogen and oxygen atoms in total. The van der Waals surface area contributed by atoms with Crippen molar-refractivity contribution >= 4 is 0 Å². The normalized spacial score (nSPS) is 10.8. The van der Waals surface area contributed by atoms with Gasteiger partial charge in [-0.05, 0) is 38.1 Å². The molecule has 0 radical (unpaired) electrons. The highest BCUT2D eigenvalue weighted by atomic mass is 15.0. The predicted molar refractivity (Wildman–Crippen MR) is 58.0 cm³/mol. The van der Waals surface area contributed by atoms with E-state index in [0.717, 1.165) is 0 Å². The lowest BCUT2D eigenvalue weighted by Crippen LogP contribution is -2.00. The van der Waals surface area contributed by atoms with Crippen LogP contribution in [0.25, 0.3) is 11.3 Å².